The van der Waals surface area contributed by atoms with E-state index in [0.29, 0.717) is 26.2 Å². The van der Waals surface area contributed by atoms with Crippen molar-refractivity contribution in [2.45, 2.75) is 0 Å². The molecule has 0 aliphatic heterocycles. The molecule has 0 saturated heterocycles. The summed E-state index contributed by atoms with van der Waals surface area (Å²) in [7, 11) is 0. The molecule has 0 unspecified atom stereocenters. The fourth-order valence-electron chi connectivity index (χ4n) is 1.63. The molecule has 0 amide bonds. The lowest BCUT2D eigenvalue weighted by Crippen LogP contribution is -1.84. The van der Waals surface area contributed by atoms with Crippen molar-refractivity contribution >= 4 is 46.5 Å². The van der Waals surface area contributed by atoms with Crippen LogP contribution >= 0.6 is 34.8 Å². The normalized spacial score (nSPS) is 11.2. The number of allylic oxidation sites excluding steroid dienone is 1. The third kappa shape index (κ3) is 3.30. The molecule has 0 atom stereocenters. The zero-order chi connectivity index (χ0) is 13.8. The van der Waals surface area contributed by atoms with E-state index in [9.17, 15) is 5.26 Å². The van der Waals surface area contributed by atoms with Crippen molar-refractivity contribution in [2.75, 3.05) is 0 Å². The fourth-order valence-corrected chi connectivity index (χ4v) is 2.33. The number of hydrogen-bond acceptors (Lipinski definition) is 1. The molecule has 0 aliphatic rings. The van der Waals surface area contributed by atoms with Crippen LogP contribution in [0.25, 0.3) is 11.6 Å². The molecule has 0 aliphatic carbocycles. The average molecular weight is 309 g/mol. The van der Waals surface area contributed by atoms with E-state index >= 15 is 0 Å². The fraction of sp³-hybridized carbons (Fsp3) is 0. The van der Waals surface area contributed by atoms with Crippen molar-refractivity contribution in [3.05, 3.63) is 68.7 Å². The van der Waals surface area contributed by atoms with Crippen molar-refractivity contribution in [1.29, 1.82) is 5.26 Å². The van der Waals surface area contributed by atoms with Crippen molar-refractivity contribution in [3.8, 4) is 6.07 Å². The molecular weight excluding hydrogens is 301 g/mol. The van der Waals surface area contributed by atoms with Crippen LogP contribution in [0, 0.1) is 11.3 Å². The Morgan fingerprint density at radius 3 is 2.21 bits per heavy atom. The Balaban J connectivity index is 2.54. The second-order valence-electron chi connectivity index (χ2n) is 3.82. The van der Waals surface area contributed by atoms with Crippen LogP contribution in [-0.4, -0.2) is 0 Å². The van der Waals surface area contributed by atoms with Gasteiger partial charge in [-0.15, -0.1) is 0 Å². The number of halogens is 3. The summed E-state index contributed by atoms with van der Waals surface area (Å²) < 4.78 is 0. The molecule has 94 valence electrons. The highest BCUT2D eigenvalue weighted by Crippen LogP contribution is 2.29. The van der Waals surface area contributed by atoms with E-state index < -0.39 is 0 Å². The minimum Gasteiger partial charge on any atom is -0.192 e. The van der Waals surface area contributed by atoms with Crippen LogP contribution in [-0.2, 0) is 0 Å². The van der Waals surface area contributed by atoms with Gasteiger partial charge in [-0.1, -0.05) is 53.0 Å². The number of hydrogen-bond donors (Lipinski definition) is 0. The topological polar surface area (TPSA) is 23.8 Å². The van der Waals surface area contributed by atoms with E-state index in [-0.39, 0.29) is 0 Å². The Bertz CT molecular complexity index is 664. The van der Waals surface area contributed by atoms with Gasteiger partial charge in [0, 0.05) is 20.6 Å². The average Bonchev–Trinajstić information content (AvgIpc) is 2.38. The predicted octanol–water partition coefficient (Wildman–Crippen LogP) is 5.71. The highest BCUT2D eigenvalue weighted by atomic mass is 35.5. The van der Waals surface area contributed by atoms with Gasteiger partial charge in [0.05, 0.1) is 11.6 Å². The van der Waals surface area contributed by atoms with E-state index in [4.69, 9.17) is 34.8 Å². The van der Waals surface area contributed by atoms with Gasteiger partial charge in [-0.2, -0.15) is 5.26 Å². The summed E-state index contributed by atoms with van der Waals surface area (Å²) in [6.45, 7) is 0. The van der Waals surface area contributed by atoms with Gasteiger partial charge in [0.25, 0.3) is 0 Å². The van der Waals surface area contributed by atoms with Crippen LogP contribution in [0.1, 0.15) is 11.1 Å². The molecule has 2 aromatic rings. The third-order valence-electron chi connectivity index (χ3n) is 2.54. The van der Waals surface area contributed by atoms with E-state index in [2.05, 4.69) is 6.07 Å². The number of nitriles is 1. The van der Waals surface area contributed by atoms with Gasteiger partial charge in [0.2, 0.25) is 0 Å². The van der Waals surface area contributed by atoms with E-state index in [1.165, 1.54) is 0 Å². The largest absolute Gasteiger partial charge is 0.192 e. The van der Waals surface area contributed by atoms with E-state index in [0.717, 1.165) is 5.56 Å². The Hall–Kier alpha value is -1.46. The summed E-state index contributed by atoms with van der Waals surface area (Å²) in [4.78, 5) is 0. The number of rotatable bonds is 2. The SMILES string of the molecule is N#C/C(=C/c1c(Cl)cccc1Cl)c1cccc(Cl)c1. The van der Waals surface area contributed by atoms with Crippen molar-refractivity contribution in [1.82, 2.24) is 0 Å². The molecule has 0 radical (unpaired) electrons. The first-order valence-corrected chi connectivity index (χ1v) is 6.57. The van der Waals surface area contributed by atoms with Crippen LogP contribution in [0.5, 0.6) is 0 Å². The van der Waals surface area contributed by atoms with Gasteiger partial charge in [-0.25, -0.2) is 0 Å². The molecule has 0 spiro atoms. The smallest absolute Gasteiger partial charge is 0.0998 e. The third-order valence-corrected chi connectivity index (χ3v) is 3.44. The summed E-state index contributed by atoms with van der Waals surface area (Å²) >= 11 is 18.1. The van der Waals surface area contributed by atoms with E-state index in [1.807, 2.05) is 6.07 Å². The minimum absolute atomic E-state index is 0.456. The summed E-state index contributed by atoms with van der Waals surface area (Å²) in [6, 6.07) is 14.4. The number of benzene rings is 2. The molecule has 19 heavy (non-hydrogen) atoms. The molecule has 2 aromatic carbocycles. The lowest BCUT2D eigenvalue weighted by Gasteiger charge is -2.04. The molecule has 0 bridgehead atoms. The van der Waals surface area contributed by atoms with Crippen molar-refractivity contribution < 1.29 is 0 Å². The van der Waals surface area contributed by atoms with Gasteiger partial charge >= 0.3 is 0 Å². The highest BCUT2D eigenvalue weighted by Gasteiger charge is 2.07. The molecule has 0 saturated carbocycles. The number of nitrogens with zero attached hydrogens (tertiary/aromatic N) is 1. The second kappa shape index (κ2) is 6.12. The quantitative estimate of drug-likeness (QED) is 0.515. The maximum Gasteiger partial charge on any atom is 0.0998 e. The Morgan fingerprint density at radius 2 is 1.63 bits per heavy atom. The van der Waals surface area contributed by atoms with Gasteiger partial charge in [-0.05, 0) is 35.9 Å². The van der Waals surface area contributed by atoms with Crippen LogP contribution in [0.3, 0.4) is 0 Å². The maximum absolute atomic E-state index is 9.27. The van der Waals surface area contributed by atoms with Crippen LogP contribution < -0.4 is 0 Å². The lowest BCUT2D eigenvalue weighted by molar-refractivity contribution is 1.52. The molecule has 0 heterocycles. The first-order chi connectivity index (χ1) is 9.11. The Labute approximate surface area is 126 Å². The summed E-state index contributed by atoms with van der Waals surface area (Å²) in [6.07, 6.45) is 1.66. The van der Waals surface area contributed by atoms with Gasteiger partial charge in [-0.3, -0.25) is 0 Å². The minimum atomic E-state index is 0.456. The van der Waals surface area contributed by atoms with Crippen molar-refractivity contribution in [3.63, 3.8) is 0 Å². The maximum atomic E-state index is 9.27. The molecule has 4 heteroatoms. The summed E-state index contributed by atoms with van der Waals surface area (Å²) in [5, 5.41) is 10.8. The summed E-state index contributed by atoms with van der Waals surface area (Å²) in [5.74, 6) is 0. The zero-order valence-electron chi connectivity index (χ0n) is 9.70. The molecule has 2 rings (SSSR count). The van der Waals surface area contributed by atoms with E-state index in [1.54, 1.807) is 42.5 Å². The first kappa shape index (κ1) is 14.0. The molecule has 0 N–H and O–H groups in total. The van der Waals surface area contributed by atoms with Gasteiger partial charge in [0.1, 0.15) is 0 Å². The molecular formula is C15H8Cl3N. The summed E-state index contributed by atoms with van der Waals surface area (Å²) in [5.41, 5.74) is 1.81. The van der Waals surface area contributed by atoms with Crippen LogP contribution in [0.4, 0.5) is 0 Å². The Morgan fingerprint density at radius 1 is 1.00 bits per heavy atom. The van der Waals surface area contributed by atoms with Crippen molar-refractivity contribution in [2.24, 2.45) is 0 Å². The van der Waals surface area contributed by atoms with Gasteiger partial charge < -0.3 is 0 Å². The zero-order valence-corrected chi connectivity index (χ0v) is 12.0. The molecule has 0 aromatic heterocycles. The standard InChI is InChI=1S/C15H8Cl3N/c16-12-4-1-3-10(7-12)11(9-19)8-13-14(17)5-2-6-15(13)18/h1-8H/b11-8-. The lowest BCUT2D eigenvalue weighted by atomic mass is 10.0. The van der Waals surface area contributed by atoms with Crippen LogP contribution in [0.2, 0.25) is 15.1 Å². The predicted molar refractivity (Wildman–Crippen MR) is 81.4 cm³/mol. The second-order valence-corrected chi connectivity index (χ2v) is 5.07. The van der Waals surface area contributed by atoms with Gasteiger partial charge in [0.15, 0.2) is 0 Å². The monoisotopic (exact) mass is 307 g/mol. The molecule has 1 nitrogen and oxygen atoms in total. The highest BCUT2D eigenvalue weighted by molar-refractivity contribution is 6.37. The molecule has 0 fully saturated rings. The first-order valence-electron chi connectivity index (χ1n) is 5.43. The van der Waals surface area contributed by atoms with Crippen LogP contribution in [0.15, 0.2) is 42.5 Å². The Kier molecular flexibility index (Phi) is 4.50.